The van der Waals surface area contributed by atoms with E-state index in [2.05, 4.69) is 31.2 Å². The molecule has 0 saturated heterocycles. The molecule has 0 spiro atoms. The highest BCUT2D eigenvalue weighted by atomic mass is 16.3. The van der Waals surface area contributed by atoms with Gasteiger partial charge in [0.15, 0.2) is 0 Å². The lowest BCUT2D eigenvalue weighted by molar-refractivity contribution is 0.0168. The zero-order valence-corrected chi connectivity index (χ0v) is 11.4. The van der Waals surface area contributed by atoms with Gasteiger partial charge >= 0.3 is 0 Å². The molecule has 1 unspecified atom stereocenters. The van der Waals surface area contributed by atoms with E-state index in [1.165, 1.54) is 11.1 Å². The van der Waals surface area contributed by atoms with E-state index >= 15 is 0 Å². The third kappa shape index (κ3) is 2.33. The fourth-order valence-corrected chi connectivity index (χ4v) is 3.04. The average molecular weight is 256 g/mol. The monoisotopic (exact) mass is 256 g/mol. The molecular weight excluding hydrogens is 236 g/mol. The lowest BCUT2D eigenvalue weighted by Gasteiger charge is -2.31. The second kappa shape index (κ2) is 4.86. The average Bonchev–Trinajstić information content (AvgIpc) is 2.90. The van der Waals surface area contributed by atoms with Crippen molar-refractivity contribution in [3.63, 3.8) is 0 Å². The Bertz CT molecular complexity index is 553. The molecule has 1 heterocycles. The Balaban J connectivity index is 1.86. The first kappa shape index (κ1) is 12.5. The Kier molecular flexibility index (Phi) is 3.19. The van der Waals surface area contributed by atoms with Crippen molar-refractivity contribution in [3.8, 4) is 0 Å². The zero-order chi connectivity index (χ0) is 13.3. The molecular formula is C17H20O2. The first-order valence-electron chi connectivity index (χ1n) is 7.08. The van der Waals surface area contributed by atoms with Crippen molar-refractivity contribution >= 4 is 0 Å². The number of rotatable bonds is 3. The van der Waals surface area contributed by atoms with Crippen LogP contribution in [-0.2, 0) is 24.9 Å². The smallest absolute Gasteiger partial charge is 0.109 e. The van der Waals surface area contributed by atoms with E-state index in [0.29, 0.717) is 6.42 Å². The molecule has 1 aromatic heterocycles. The van der Waals surface area contributed by atoms with Gasteiger partial charge in [-0.2, -0.15) is 0 Å². The molecule has 1 aliphatic rings. The van der Waals surface area contributed by atoms with E-state index < -0.39 is 5.60 Å². The molecule has 1 aromatic carbocycles. The van der Waals surface area contributed by atoms with Crippen molar-refractivity contribution in [1.82, 2.24) is 0 Å². The first-order chi connectivity index (χ1) is 9.21. The number of fused-ring (bicyclic) bond motifs is 1. The van der Waals surface area contributed by atoms with Crippen LogP contribution in [0.15, 0.2) is 41.0 Å². The van der Waals surface area contributed by atoms with Crippen LogP contribution in [0, 0.1) is 0 Å². The first-order valence-corrected chi connectivity index (χ1v) is 7.08. The molecule has 0 bridgehead atoms. The van der Waals surface area contributed by atoms with Crippen molar-refractivity contribution in [3.05, 3.63) is 59.0 Å². The molecule has 0 saturated carbocycles. The maximum Gasteiger partial charge on any atom is 0.109 e. The summed E-state index contributed by atoms with van der Waals surface area (Å²) in [5, 5.41) is 10.9. The lowest BCUT2D eigenvalue weighted by Crippen LogP contribution is -2.32. The van der Waals surface area contributed by atoms with Gasteiger partial charge in [-0.1, -0.05) is 31.2 Å². The largest absolute Gasteiger partial charge is 0.469 e. The molecule has 3 rings (SSSR count). The van der Waals surface area contributed by atoms with Crippen LogP contribution >= 0.6 is 0 Å². The van der Waals surface area contributed by atoms with Gasteiger partial charge in [0.2, 0.25) is 0 Å². The van der Waals surface area contributed by atoms with Crippen molar-refractivity contribution in [2.75, 3.05) is 0 Å². The summed E-state index contributed by atoms with van der Waals surface area (Å²) in [5.74, 6) is 0.957. The Morgan fingerprint density at radius 3 is 2.63 bits per heavy atom. The van der Waals surface area contributed by atoms with Crippen LogP contribution in [0.5, 0.6) is 0 Å². The van der Waals surface area contributed by atoms with Gasteiger partial charge in [0, 0.05) is 18.4 Å². The number of aliphatic hydroxyl groups is 1. The van der Waals surface area contributed by atoms with Crippen molar-refractivity contribution in [2.45, 2.75) is 44.6 Å². The predicted molar refractivity (Wildman–Crippen MR) is 75.1 cm³/mol. The van der Waals surface area contributed by atoms with Crippen LogP contribution in [0.25, 0.3) is 0 Å². The van der Waals surface area contributed by atoms with Gasteiger partial charge in [-0.05, 0) is 36.5 Å². The molecule has 0 amide bonds. The standard InChI is InChI=1S/C17H20O2/c1-2-13-5-7-14(8-6-13)12-17(18)10-3-4-16-15(17)9-11-19-16/h5-9,11,18H,2-4,10,12H2,1H3. The number of benzene rings is 1. The van der Waals surface area contributed by atoms with E-state index in [-0.39, 0.29) is 0 Å². The second-order valence-electron chi connectivity index (χ2n) is 5.49. The molecule has 100 valence electrons. The molecule has 2 nitrogen and oxygen atoms in total. The summed E-state index contributed by atoms with van der Waals surface area (Å²) in [6, 6.07) is 10.5. The Morgan fingerprint density at radius 2 is 1.89 bits per heavy atom. The highest BCUT2D eigenvalue weighted by Gasteiger charge is 2.36. The van der Waals surface area contributed by atoms with E-state index in [9.17, 15) is 5.11 Å². The van der Waals surface area contributed by atoms with Gasteiger partial charge in [-0.15, -0.1) is 0 Å². The quantitative estimate of drug-likeness (QED) is 0.910. The summed E-state index contributed by atoms with van der Waals surface area (Å²) in [5.41, 5.74) is 2.75. The second-order valence-corrected chi connectivity index (χ2v) is 5.49. The minimum absolute atomic E-state index is 0.670. The lowest BCUT2D eigenvalue weighted by atomic mass is 9.79. The van der Waals surface area contributed by atoms with Crippen LogP contribution in [0.3, 0.4) is 0 Å². The summed E-state index contributed by atoms with van der Waals surface area (Å²) in [4.78, 5) is 0. The summed E-state index contributed by atoms with van der Waals surface area (Å²) in [7, 11) is 0. The minimum atomic E-state index is -0.756. The van der Waals surface area contributed by atoms with Crippen LogP contribution in [0.2, 0.25) is 0 Å². The molecule has 0 radical (unpaired) electrons. The Hall–Kier alpha value is -1.54. The van der Waals surface area contributed by atoms with Crippen molar-refractivity contribution < 1.29 is 9.52 Å². The topological polar surface area (TPSA) is 33.4 Å². The summed E-state index contributed by atoms with van der Waals surface area (Å²) in [6.07, 6.45) is 6.17. The van der Waals surface area contributed by atoms with E-state index in [1.54, 1.807) is 6.26 Å². The predicted octanol–water partition coefficient (Wildman–Crippen LogP) is 3.61. The molecule has 19 heavy (non-hydrogen) atoms. The van der Waals surface area contributed by atoms with Gasteiger partial charge in [-0.3, -0.25) is 0 Å². The normalized spacial score (nSPS) is 22.2. The van der Waals surface area contributed by atoms with Gasteiger partial charge in [0.1, 0.15) is 5.76 Å². The molecule has 2 heteroatoms. The van der Waals surface area contributed by atoms with Crippen LogP contribution in [0.4, 0.5) is 0 Å². The van der Waals surface area contributed by atoms with Gasteiger partial charge < -0.3 is 9.52 Å². The van der Waals surface area contributed by atoms with Crippen LogP contribution < -0.4 is 0 Å². The molecule has 0 fully saturated rings. The van der Waals surface area contributed by atoms with Crippen LogP contribution in [-0.4, -0.2) is 5.11 Å². The van der Waals surface area contributed by atoms with Crippen molar-refractivity contribution in [2.24, 2.45) is 0 Å². The summed E-state index contributed by atoms with van der Waals surface area (Å²) < 4.78 is 5.47. The van der Waals surface area contributed by atoms with E-state index in [0.717, 1.165) is 37.0 Å². The summed E-state index contributed by atoms with van der Waals surface area (Å²) >= 11 is 0. The molecule has 0 aliphatic heterocycles. The van der Waals surface area contributed by atoms with Crippen molar-refractivity contribution in [1.29, 1.82) is 0 Å². The van der Waals surface area contributed by atoms with Gasteiger partial charge in [0.25, 0.3) is 0 Å². The number of hydrogen-bond acceptors (Lipinski definition) is 2. The van der Waals surface area contributed by atoms with Gasteiger partial charge in [0.05, 0.1) is 11.9 Å². The maximum absolute atomic E-state index is 10.9. The molecule has 1 aliphatic carbocycles. The fraction of sp³-hybridized carbons (Fsp3) is 0.412. The molecule has 1 atom stereocenters. The maximum atomic E-state index is 10.9. The third-order valence-corrected chi connectivity index (χ3v) is 4.17. The number of hydrogen-bond donors (Lipinski definition) is 1. The molecule has 1 N–H and O–H groups in total. The van der Waals surface area contributed by atoms with Gasteiger partial charge in [-0.25, -0.2) is 0 Å². The van der Waals surface area contributed by atoms with E-state index in [1.807, 2.05) is 6.07 Å². The highest BCUT2D eigenvalue weighted by molar-refractivity contribution is 5.32. The summed E-state index contributed by atoms with van der Waals surface area (Å²) in [6.45, 7) is 2.15. The van der Waals surface area contributed by atoms with Crippen LogP contribution in [0.1, 0.15) is 42.2 Å². The highest BCUT2D eigenvalue weighted by Crippen LogP contribution is 2.38. The number of aryl methyl sites for hydroxylation is 2. The zero-order valence-electron chi connectivity index (χ0n) is 11.4. The molecule has 2 aromatic rings. The van der Waals surface area contributed by atoms with E-state index in [4.69, 9.17) is 4.42 Å². The Labute approximate surface area is 114 Å². The third-order valence-electron chi connectivity index (χ3n) is 4.17. The SMILES string of the molecule is CCc1ccc(CC2(O)CCCc3occc32)cc1. The minimum Gasteiger partial charge on any atom is -0.469 e. The fourth-order valence-electron chi connectivity index (χ4n) is 3.04. The number of furan rings is 1. The Morgan fingerprint density at radius 1 is 1.16 bits per heavy atom.